The Labute approximate surface area is 260 Å². The molecule has 2 fully saturated rings. The Hall–Kier alpha value is -3.38. The molecule has 3 heterocycles. The Morgan fingerprint density at radius 3 is 2.30 bits per heavy atom. The summed E-state index contributed by atoms with van der Waals surface area (Å²) < 4.78 is 5.48. The van der Waals surface area contributed by atoms with Crippen molar-refractivity contribution >= 4 is 40.7 Å². The Morgan fingerprint density at radius 1 is 0.907 bits per heavy atom. The Balaban J connectivity index is 1.17. The zero-order chi connectivity index (χ0) is 30.0. The van der Waals surface area contributed by atoms with E-state index in [0.717, 1.165) is 87.1 Å². The first-order valence-corrected chi connectivity index (χ1v) is 16.3. The van der Waals surface area contributed by atoms with E-state index in [1.165, 1.54) is 5.69 Å². The van der Waals surface area contributed by atoms with Gasteiger partial charge in [0.1, 0.15) is 11.6 Å². The molecule has 2 aliphatic heterocycles. The van der Waals surface area contributed by atoms with Crippen molar-refractivity contribution in [2.24, 2.45) is 0 Å². The largest absolute Gasteiger partial charge is 0.378 e. The molecule has 5 rings (SSSR count). The molecule has 0 unspecified atom stereocenters. The molecule has 0 bridgehead atoms. The van der Waals surface area contributed by atoms with Crippen LogP contribution in [0, 0.1) is 0 Å². The van der Waals surface area contributed by atoms with E-state index in [2.05, 4.69) is 61.3 Å². The number of aromatic nitrogens is 2. The van der Waals surface area contributed by atoms with Crippen LogP contribution in [0.1, 0.15) is 5.56 Å². The molecule has 1 aromatic heterocycles. The first kappa shape index (κ1) is 31.1. The normalized spacial score (nSPS) is 16.0. The topological polar surface area (TPSA) is 80.3 Å². The fraction of sp³-hybridized carbons (Fsp3) is 0.469. The van der Waals surface area contributed by atoms with Crippen LogP contribution in [0.2, 0.25) is 0 Å². The molecule has 0 spiro atoms. The van der Waals surface area contributed by atoms with Gasteiger partial charge in [-0.05, 0) is 50.2 Å². The minimum atomic E-state index is 0.178. The number of hydrogen-bond donors (Lipinski definition) is 1. The van der Waals surface area contributed by atoms with E-state index >= 15 is 0 Å². The van der Waals surface area contributed by atoms with Gasteiger partial charge in [0.15, 0.2) is 5.16 Å². The highest BCUT2D eigenvalue weighted by atomic mass is 32.2. The molecule has 0 aliphatic carbocycles. The van der Waals surface area contributed by atoms with Gasteiger partial charge in [0.25, 0.3) is 0 Å². The third-order valence-electron chi connectivity index (χ3n) is 7.83. The molecule has 0 saturated carbocycles. The van der Waals surface area contributed by atoms with E-state index in [1.807, 2.05) is 49.5 Å². The summed E-state index contributed by atoms with van der Waals surface area (Å²) in [6.45, 7) is 9.24. The second-order valence-corrected chi connectivity index (χ2v) is 12.0. The minimum absolute atomic E-state index is 0.178. The number of amides is 1. The molecule has 0 radical (unpaired) electrons. The molecule has 2 aliphatic rings. The summed E-state index contributed by atoms with van der Waals surface area (Å²) in [5.41, 5.74) is 3.36. The molecular weight excluding hydrogens is 560 g/mol. The third kappa shape index (κ3) is 9.06. The van der Waals surface area contributed by atoms with Crippen LogP contribution in [0.25, 0.3) is 0 Å². The second-order valence-electron chi connectivity index (χ2n) is 11.2. The smallest absolute Gasteiger partial charge is 0.237 e. The summed E-state index contributed by atoms with van der Waals surface area (Å²) in [7, 11) is 4.09. The summed E-state index contributed by atoms with van der Waals surface area (Å²) in [6.07, 6.45) is 2.00. The van der Waals surface area contributed by atoms with E-state index in [-0.39, 0.29) is 5.91 Å². The number of likely N-dealkylation sites (N-methyl/N-ethyl adjacent to an activating group) is 1. The number of nitrogens with zero attached hydrogens (tertiary/aromatic N) is 7. The number of carbonyl (C=O) groups excluding carboxylic acids is 1. The summed E-state index contributed by atoms with van der Waals surface area (Å²) in [6, 6.07) is 20.8. The lowest BCUT2D eigenvalue weighted by molar-refractivity contribution is -0.133. The van der Waals surface area contributed by atoms with Crippen LogP contribution in [0.3, 0.4) is 0 Å². The van der Waals surface area contributed by atoms with Crippen molar-refractivity contribution in [3.63, 3.8) is 0 Å². The van der Waals surface area contributed by atoms with E-state index in [0.29, 0.717) is 19.6 Å². The van der Waals surface area contributed by atoms with Crippen LogP contribution < -0.4 is 15.1 Å². The quantitative estimate of drug-likeness (QED) is 0.245. The van der Waals surface area contributed by atoms with Gasteiger partial charge in [-0.2, -0.15) is 0 Å². The molecule has 2 saturated heterocycles. The number of hydrogen-bond acceptors (Lipinski definition) is 10. The monoisotopic (exact) mass is 604 g/mol. The van der Waals surface area contributed by atoms with Crippen molar-refractivity contribution < 1.29 is 9.53 Å². The van der Waals surface area contributed by atoms with Crippen molar-refractivity contribution in [3.8, 4) is 0 Å². The van der Waals surface area contributed by atoms with Gasteiger partial charge in [-0.15, -0.1) is 0 Å². The third-order valence-corrected chi connectivity index (χ3v) is 8.38. The van der Waals surface area contributed by atoms with Gasteiger partial charge >= 0.3 is 0 Å². The van der Waals surface area contributed by atoms with Crippen molar-refractivity contribution in [1.29, 1.82) is 0 Å². The lowest BCUT2D eigenvalue weighted by atomic mass is 10.2. The molecule has 10 nitrogen and oxygen atoms in total. The summed E-state index contributed by atoms with van der Waals surface area (Å²) in [5, 5.41) is 4.21. The number of carbonyl (C=O) groups is 1. The maximum Gasteiger partial charge on any atom is 0.237 e. The highest BCUT2D eigenvalue weighted by Crippen LogP contribution is 2.26. The van der Waals surface area contributed by atoms with E-state index in [1.54, 1.807) is 11.8 Å². The fourth-order valence-corrected chi connectivity index (χ4v) is 5.67. The minimum Gasteiger partial charge on any atom is -0.378 e. The molecule has 11 heteroatoms. The van der Waals surface area contributed by atoms with Crippen molar-refractivity contribution in [1.82, 2.24) is 24.7 Å². The number of thioether (sulfide) groups is 1. The molecule has 3 aromatic rings. The Morgan fingerprint density at radius 2 is 1.63 bits per heavy atom. The number of benzene rings is 2. The van der Waals surface area contributed by atoms with Crippen LogP contribution in [-0.2, 0) is 16.1 Å². The number of rotatable bonds is 12. The average Bonchev–Trinajstić information content (AvgIpc) is 3.04. The van der Waals surface area contributed by atoms with Crippen LogP contribution in [0.15, 0.2) is 65.8 Å². The Kier molecular flexibility index (Phi) is 11.1. The number of nitrogens with one attached hydrogen (secondary N) is 1. The number of ether oxygens (including phenoxy) is 1. The predicted molar refractivity (Wildman–Crippen MR) is 176 cm³/mol. The van der Waals surface area contributed by atoms with E-state index in [9.17, 15) is 4.79 Å². The molecule has 230 valence electrons. The summed E-state index contributed by atoms with van der Waals surface area (Å²) in [4.78, 5) is 34.0. The zero-order valence-electron chi connectivity index (χ0n) is 25.6. The average molecular weight is 605 g/mol. The maximum atomic E-state index is 13.4. The van der Waals surface area contributed by atoms with Crippen LogP contribution in [0.5, 0.6) is 0 Å². The lowest BCUT2D eigenvalue weighted by Crippen LogP contribution is -2.50. The highest BCUT2D eigenvalue weighted by Gasteiger charge is 2.23. The molecule has 43 heavy (non-hydrogen) atoms. The number of anilines is 4. The van der Waals surface area contributed by atoms with Crippen molar-refractivity contribution in [2.75, 3.05) is 108 Å². The van der Waals surface area contributed by atoms with Crippen molar-refractivity contribution in [3.05, 3.63) is 66.2 Å². The summed E-state index contributed by atoms with van der Waals surface area (Å²) in [5.74, 6) is 1.87. The fourth-order valence-electron chi connectivity index (χ4n) is 5.30. The molecular formula is C32H44N8O2S. The predicted octanol–water partition coefficient (Wildman–Crippen LogP) is 3.49. The van der Waals surface area contributed by atoms with E-state index in [4.69, 9.17) is 14.7 Å². The van der Waals surface area contributed by atoms with Crippen LogP contribution >= 0.6 is 11.8 Å². The molecule has 2 aromatic carbocycles. The van der Waals surface area contributed by atoms with Crippen LogP contribution in [-0.4, -0.2) is 123 Å². The van der Waals surface area contributed by atoms with E-state index < -0.39 is 0 Å². The highest BCUT2D eigenvalue weighted by molar-refractivity contribution is 7.98. The van der Waals surface area contributed by atoms with Gasteiger partial charge in [-0.1, -0.05) is 42.1 Å². The second kappa shape index (κ2) is 15.4. The number of morpholine rings is 1. The molecule has 1 N–H and O–H groups in total. The van der Waals surface area contributed by atoms with Gasteiger partial charge in [-0.3, -0.25) is 9.69 Å². The lowest BCUT2D eigenvalue weighted by Gasteiger charge is -2.36. The van der Waals surface area contributed by atoms with Gasteiger partial charge in [0.05, 0.1) is 19.8 Å². The summed E-state index contributed by atoms with van der Waals surface area (Å²) >= 11 is 1.54. The first-order valence-electron chi connectivity index (χ1n) is 15.0. The standard InChI is InChI=1S/C32H44N8O2S/c1-36(2)13-16-40(24-26-7-5-4-6-8-26)31(41)25-37-14-17-39(18-15-37)30-23-29(34-32(35-30)43-3)33-27-9-11-28(12-10-27)38-19-21-42-22-20-38/h4-12,23H,13-22,24-25H2,1-3H3,(H,33,34,35). The van der Waals surface area contributed by atoms with Gasteiger partial charge in [-0.25, -0.2) is 9.97 Å². The first-order chi connectivity index (χ1) is 21.0. The Bertz CT molecular complexity index is 1300. The zero-order valence-corrected chi connectivity index (χ0v) is 26.4. The SMILES string of the molecule is CSc1nc(Nc2ccc(N3CCOCC3)cc2)cc(N2CCN(CC(=O)N(CCN(C)C)Cc3ccccc3)CC2)n1. The molecule has 1 amide bonds. The van der Waals surface area contributed by atoms with Crippen molar-refractivity contribution in [2.45, 2.75) is 11.7 Å². The maximum absolute atomic E-state index is 13.4. The number of piperazine rings is 1. The van der Waals surface area contributed by atoms with Gasteiger partial charge < -0.3 is 29.7 Å². The van der Waals surface area contributed by atoms with Gasteiger partial charge in [0.2, 0.25) is 5.91 Å². The molecule has 0 atom stereocenters. The van der Waals surface area contributed by atoms with Gasteiger partial charge in [0, 0.05) is 76.3 Å². The van der Waals surface area contributed by atoms with Crippen LogP contribution in [0.4, 0.5) is 23.0 Å².